The van der Waals surface area contributed by atoms with Crippen molar-refractivity contribution in [3.05, 3.63) is 164 Å². The van der Waals surface area contributed by atoms with Crippen LogP contribution in [0.2, 0.25) is 13.1 Å². The second kappa shape index (κ2) is 11.6. The van der Waals surface area contributed by atoms with E-state index in [4.69, 9.17) is 15.0 Å². The van der Waals surface area contributed by atoms with Crippen LogP contribution < -0.4 is 10.4 Å². The Morgan fingerprint density at radius 1 is 0.388 bits per heavy atom. The maximum Gasteiger partial charge on any atom is 0.164 e. The molecule has 1 aliphatic heterocycles. The molecular weight excluding hydrogens is 611 g/mol. The molecule has 4 heteroatoms. The molecule has 0 saturated heterocycles. The largest absolute Gasteiger partial charge is 0.208 e. The molecule has 49 heavy (non-hydrogen) atoms. The average molecular weight is 644 g/mol. The van der Waals surface area contributed by atoms with Gasteiger partial charge in [0.05, 0.1) is 0 Å². The third kappa shape index (κ3) is 5.00. The van der Waals surface area contributed by atoms with Gasteiger partial charge in [0.25, 0.3) is 0 Å². The quantitative estimate of drug-likeness (QED) is 0.175. The number of nitrogens with zero attached hydrogens (tertiary/aromatic N) is 3. The van der Waals surface area contributed by atoms with E-state index in [2.05, 4.69) is 165 Å². The summed E-state index contributed by atoms with van der Waals surface area (Å²) < 4.78 is 0. The number of fused-ring (bicyclic) bond motifs is 5. The van der Waals surface area contributed by atoms with Crippen molar-refractivity contribution in [3.8, 4) is 67.5 Å². The maximum absolute atomic E-state index is 5.25. The summed E-state index contributed by atoms with van der Waals surface area (Å²) in [6, 6.07) is 58.1. The molecule has 0 spiro atoms. The van der Waals surface area contributed by atoms with Gasteiger partial charge in [0.2, 0.25) is 0 Å². The van der Waals surface area contributed by atoms with E-state index in [-0.39, 0.29) is 0 Å². The first kappa shape index (κ1) is 29.2. The molecule has 0 saturated carbocycles. The molecule has 0 atom stereocenters. The first-order valence-corrected chi connectivity index (χ1v) is 19.8. The fourth-order valence-electron chi connectivity index (χ4n) is 7.50. The lowest BCUT2D eigenvalue weighted by Crippen LogP contribution is -2.49. The van der Waals surface area contributed by atoms with Crippen LogP contribution in [0, 0.1) is 0 Å². The molecule has 3 nitrogen and oxygen atoms in total. The summed E-state index contributed by atoms with van der Waals surface area (Å²) in [6.45, 7) is 4.95. The van der Waals surface area contributed by atoms with Crippen LogP contribution in [0.4, 0.5) is 0 Å². The van der Waals surface area contributed by atoms with Gasteiger partial charge < -0.3 is 0 Å². The molecule has 0 amide bonds. The van der Waals surface area contributed by atoms with Gasteiger partial charge in [-0.1, -0.05) is 171 Å². The SMILES string of the molecule is C[Si]1(C)c2cccc(-c3nc(-c4ccc(-c5ccccc5)cc4)nc(-c4cccc(-c5ccccc5)c4)n3)c2-c2ccc3ccccc3c21. The van der Waals surface area contributed by atoms with Gasteiger partial charge in [-0.3, -0.25) is 0 Å². The van der Waals surface area contributed by atoms with Crippen molar-refractivity contribution >= 4 is 29.2 Å². The van der Waals surface area contributed by atoms with Crippen LogP contribution in [0.15, 0.2) is 164 Å². The number of hydrogen-bond acceptors (Lipinski definition) is 3. The molecule has 1 aromatic heterocycles. The van der Waals surface area contributed by atoms with Crippen LogP contribution in [0.5, 0.6) is 0 Å². The first-order chi connectivity index (χ1) is 24.0. The molecule has 0 aliphatic carbocycles. The highest BCUT2D eigenvalue weighted by Crippen LogP contribution is 2.39. The predicted molar refractivity (Wildman–Crippen MR) is 207 cm³/mol. The fraction of sp³-hybridized carbons (Fsp3) is 0.0444. The first-order valence-electron chi connectivity index (χ1n) is 16.8. The molecule has 0 radical (unpaired) electrons. The van der Waals surface area contributed by atoms with Gasteiger partial charge >= 0.3 is 0 Å². The normalized spacial score (nSPS) is 12.9. The minimum Gasteiger partial charge on any atom is -0.208 e. The van der Waals surface area contributed by atoms with E-state index < -0.39 is 8.07 Å². The molecule has 7 aromatic carbocycles. The minimum absolute atomic E-state index is 0.663. The van der Waals surface area contributed by atoms with Gasteiger partial charge in [0.1, 0.15) is 8.07 Å². The Hall–Kier alpha value is -5.97. The third-order valence-corrected chi connectivity index (χ3v) is 13.5. The summed E-state index contributed by atoms with van der Waals surface area (Å²) >= 11 is 0. The van der Waals surface area contributed by atoms with E-state index in [1.807, 2.05) is 12.1 Å². The van der Waals surface area contributed by atoms with Crippen LogP contribution in [-0.2, 0) is 0 Å². The summed E-state index contributed by atoms with van der Waals surface area (Å²) in [5, 5.41) is 5.57. The smallest absolute Gasteiger partial charge is 0.164 e. The van der Waals surface area contributed by atoms with Crippen molar-refractivity contribution in [2.24, 2.45) is 0 Å². The molecule has 8 aromatic rings. The Bertz CT molecular complexity index is 2510. The van der Waals surface area contributed by atoms with E-state index in [1.54, 1.807) is 0 Å². The molecule has 0 N–H and O–H groups in total. The van der Waals surface area contributed by atoms with Crippen LogP contribution in [0.25, 0.3) is 78.3 Å². The summed E-state index contributed by atoms with van der Waals surface area (Å²) in [5.74, 6) is 2.02. The molecule has 9 rings (SSSR count). The molecule has 1 aliphatic rings. The van der Waals surface area contributed by atoms with Crippen LogP contribution in [0.3, 0.4) is 0 Å². The molecule has 0 bridgehead atoms. The molecule has 0 unspecified atom stereocenters. The van der Waals surface area contributed by atoms with Crippen LogP contribution >= 0.6 is 0 Å². The topological polar surface area (TPSA) is 38.7 Å². The fourth-order valence-corrected chi connectivity index (χ4v) is 11.0. The zero-order valence-electron chi connectivity index (χ0n) is 27.4. The zero-order chi connectivity index (χ0) is 33.0. The molecule has 0 fully saturated rings. The average Bonchev–Trinajstić information content (AvgIpc) is 3.42. The number of hydrogen-bond donors (Lipinski definition) is 0. The van der Waals surface area contributed by atoms with Crippen LogP contribution in [0.1, 0.15) is 0 Å². The lowest BCUT2D eigenvalue weighted by Gasteiger charge is -2.20. The highest BCUT2D eigenvalue weighted by molar-refractivity contribution is 7.05. The highest BCUT2D eigenvalue weighted by atomic mass is 28.3. The number of rotatable bonds is 5. The van der Waals surface area contributed by atoms with Crippen molar-refractivity contribution in [3.63, 3.8) is 0 Å². The molecule has 232 valence electrons. The standard InChI is InChI=1S/C45H33N3Si/c1-49(2)40-22-12-21-39(41(40)38-28-27-33-17-9-10-20-37(33)42(38)49)45-47-43(34-25-23-32(24-26-34)30-13-5-3-6-14-30)46-44(48-45)36-19-11-18-35(29-36)31-15-7-4-8-16-31/h3-29H,1-2H3. The lowest BCUT2D eigenvalue weighted by atomic mass is 9.96. The Labute approximate surface area is 287 Å². The number of benzene rings is 7. The van der Waals surface area contributed by atoms with E-state index in [0.29, 0.717) is 17.5 Å². The summed E-state index contributed by atoms with van der Waals surface area (Å²) in [4.78, 5) is 15.6. The monoisotopic (exact) mass is 643 g/mol. The predicted octanol–water partition coefficient (Wildman–Crippen LogP) is 10.2. The van der Waals surface area contributed by atoms with E-state index in [1.165, 1.54) is 37.8 Å². The summed E-state index contributed by atoms with van der Waals surface area (Å²) in [7, 11) is -2.02. The number of aromatic nitrogens is 3. The highest BCUT2D eigenvalue weighted by Gasteiger charge is 2.40. The van der Waals surface area contributed by atoms with Crippen molar-refractivity contribution in [1.82, 2.24) is 15.0 Å². The maximum atomic E-state index is 5.25. The van der Waals surface area contributed by atoms with Crippen molar-refractivity contribution < 1.29 is 0 Å². The Balaban J connectivity index is 1.25. The van der Waals surface area contributed by atoms with Gasteiger partial charge in [-0.15, -0.1) is 0 Å². The van der Waals surface area contributed by atoms with Gasteiger partial charge in [0, 0.05) is 16.7 Å². The van der Waals surface area contributed by atoms with Gasteiger partial charge in [-0.25, -0.2) is 15.0 Å². The van der Waals surface area contributed by atoms with Crippen molar-refractivity contribution in [2.45, 2.75) is 13.1 Å². The molecule has 2 heterocycles. The Kier molecular flexibility index (Phi) is 6.92. The second-order valence-corrected chi connectivity index (χ2v) is 17.5. The van der Waals surface area contributed by atoms with Crippen molar-refractivity contribution in [1.29, 1.82) is 0 Å². The summed E-state index contributed by atoms with van der Waals surface area (Å²) in [6.07, 6.45) is 0. The van der Waals surface area contributed by atoms with Gasteiger partial charge in [0.15, 0.2) is 17.5 Å². The summed E-state index contributed by atoms with van der Waals surface area (Å²) in [5.41, 5.74) is 10.2. The molecular formula is C45H33N3Si. The van der Waals surface area contributed by atoms with Gasteiger partial charge in [-0.2, -0.15) is 0 Å². The van der Waals surface area contributed by atoms with Crippen molar-refractivity contribution in [2.75, 3.05) is 0 Å². The van der Waals surface area contributed by atoms with E-state index in [0.717, 1.165) is 33.4 Å². The van der Waals surface area contributed by atoms with E-state index in [9.17, 15) is 0 Å². The van der Waals surface area contributed by atoms with Gasteiger partial charge in [-0.05, 0) is 60.6 Å². The third-order valence-electron chi connectivity index (χ3n) is 9.92. The minimum atomic E-state index is -2.02. The Morgan fingerprint density at radius 2 is 0.939 bits per heavy atom. The van der Waals surface area contributed by atoms with Crippen LogP contribution in [-0.4, -0.2) is 23.0 Å². The van der Waals surface area contributed by atoms with E-state index >= 15 is 0 Å². The zero-order valence-corrected chi connectivity index (χ0v) is 28.4. The lowest BCUT2D eigenvalue weighted by molar-refractivity contribution is 1.07. The Morgan fingerprint density at radius 3 is 1.69 bits per heavy atom. The second-order valence-electron chi connectivity index (χ2n) is 13.3.